The Balaban J connectivity index is 1.30. The molecule has 5 rings (SSSR count). The number of benzene rings is 2. The molecule has 0 radical (unpaired) electrons. The van der Waals surface area contributed by atoms with E-state index in [1.54, 1.807) is 17.8 Å². The Morgan fingerprint density at radius 3 is 2.43 bits per heavy atom. The van der Waals surface area contributed by atoms with Gasteiger partial charge in [0.25, 0.3) is 0 Å². The van der Waals surface area contributed by atoms with E-state index in [9.17, 15) is 4.79 Å². The summed E-state index contributed by atoms with van der Waals surface area (Å²) < 4.78 is 1.74. The Labute approximate surface area is 220 Å². The second kappa shape index (κ2) is 10.6. The van der Waals surface area contributed by atoms with Crippen molar-refractivity contribution in [2.24, 2.45) is 7.05 Å². The number of para-hydroxylation sites is 1. The molecule has 9 nitrogen and oxygen atoms in total. The Hall–Kier alpha value is -3.98. The van der Waals surface area contributed by atoms with E-state index < -0.39 is 0 Å². The van der Waals surface area contributed by atoms with Gasteiger partial charge >= 0.3 is 0 Å². The van der Waals surface area contributed by atoms with Crippen molar-refractivity contribution in [3.8, 4) is 11.4 Å². The van der Waals surface area contributed by atoms with E-state index in [2.05, 4.69) is 42.8 Å². The Morgan fingerprint density at radius 1 is 1.03 bits per heavy atom. The monoisotopic (exact) mass is 516 g/mol. The van der Waals surface area contributed by atoms with E-state index in [1.807, 2.05) is 55.3 Å². The van der Waals surface area contributed by atoms with Crippen molar-refractivity contribution in [3.05, 3.63) is 71.1 Å². The molecule has 0 atom stereocenters. The Morgan fingerprint density at radius 2 is 1.76 bits per heavy atom. The summed E-state index contributed by atoms with van der Waals surface area (Å²) in [5.74, 6) is 2.97. The van der Waals surface area contributed by atoms with Gasteiger partial charge in [-0.15, -0.1) is 0 Å². The fourth-order valence-electron chi connectivity index (χ4n) is 4.50. The molecule has 1 aliphatic heterocycles. The second-order valence-electron chi connectivity index (χ2n) is 9.19. The predicted molar refractivity (Wildman–Crippen MR) is 145 cm³/mol. The first-order valence-electron chi connectivity index (χ1n) is 12.3. The number of amides is 1. The van der Waals surface area contributed by atoms with Crippen molar-refractivity contribution in [2.75, 3.05) is 23.7 Å². The lowest BCUT2D eigenvalue weighted by atomic mass is 9.89. The van der Waals surface area contributed by atoms with Crippen LogP contribution in [0, 0.1) is 6.92 Å². The lowest BCUT2D eigenvalue weighted by molar-refractivity contribution is -0.129. The molecule has 1 aliphatic rings. The van der Waals surface area contributed by atoms with Crippen LogP contribution in [-0.2, 0) is 11.8 Å². The molecular formula is C27H29ClN8O. The molecule has 0 unspecified atom stereocenters. The van der Waals surface area contributed by atoms with Crippen LogP contribution in [-0.4, -0.2) is 48.6 Å². The maximum absolute atomic E-state index is 11.6. The molecule has 0 spiro atoms. The van der Waals surface area contributed by atoms with Gasteiger partial charge in [-0.3, -0.25) is 9.48 Å². The van der Waals surface area contributed by atoms with E-state index in [0.717, 1.165) is 48.7 Å². The van der Waals surface area contributed by atoms with Crippen LogP contribution in [0.5, 0.6) is 0 Å². The minimum atomic E-state index is 0.154. The third kappa shape index (κ3) is 5.56. The fraction of sp³-hybridized carbons (Fsp3) is 0.296. The van der Waals surface area contributed by atoms with Crippen LogP contribution in [0.3, 0.4) is 0 Å². The van der Waals surface area contributed by atoms with Crippen LogP contribution in [0.2, 0.25) is 5.02 Å². The first-order valence-corrected chi connectivity index (χ1v) is 12.6. The summed E-state index contributed by atoms with van der Waals surface area (Å²) in [4.78, 5) is 27.0. The van der Waals surface area contributed by atoms with Gasteiger partial charge in [0.2, 0.25) is 11.9 Å². The van der Waals surface area contributed by atoms with Gasteiger partial charge in [-0.1, -0.05) is 35.9 Å². The van der Waals surface area contributed by atoms with Gasteiger partial charge in [0.1, 0.15) is 10.8 Å². The number of hydrogen-bond acceptors (Lipinski definition) is 7. The highest BCUT2D eigenvalue weighted by atomic mass is 35.5. The number of nitrogens with one attached hydrogen (secondary N) is 2. The van der Waals surface area contributed by atoms with Gasteiger partial charge in [-0.25, -0.2) is 9.97 Å². The van der Waals surface area contributed by atoms with E-state index in [4.69, 9.17) is 11.6 Å². The van der Waals surface area contributed by atoms with Crippen molar-refractivity contribution in [3.63, 3.8) is 0 Å². The molecule has 4 aromatic rings. The molecule has 0 bridgehead atoms. The van der Waals surface area contributed by atoms with E-state index in [-0.39, 0.29) is 5.91 Å². The lowest BCUT2D eigenvalue weighted by Crippen LogP contribution is -2.36. The SMILES string of the molecule is CC(=O)N1CCC(c2ccc(Nc3ncc(Cl)c(Nc4ccccc4-c4nc(C)n(C)n4)n3)cc2)CC1. The minimum Gasteiger partial charge on any atom is -0.343 e. The smallest absolute Gasteiger partial charge is 0.229 e. The fourth-order valence-corrected chi connectivity index (χ4v) is 4.64. The molecule has 37 heavy (non-hydrogen) atoms. The van der Waals surface area contributed by atoms with Crippen LogP contribution >= 0.6 is 11.6 Å². The third-order valence-electron chi connectivity index (χ3n) is 6.72. The number of carbonyl (C=O) groups excluding carboxylic acids is 1. The van der Waals surface area contributed by atoms with Gasteiger partial charge in [-0.2, -0.15) is 10.1 Å². The molecule has 10 heteroatoms. The van der Waals surface area contributed by atoms with E-state index >= 15 is 0 Å². The molecule has 0 saturated carbocycles. The molecule has 190 valence electrons. The van der Waals surface area contributed by atoms with Crippen molar-refractivity contribution in [1.82, 2.24) is 29.6 Å². The molecule has 3 heterocycles. The number of piperidine rings is 1. The zero-order chi connectivity index (χ0) is 25.9. The average Bonchev–Trinajstić information content (AvgIpc) is 3.24. The summed E-state index contributed by atoms with van der Waals surface area (Å²) in [6.07, 6.45) is 3.54. The maximum Gasteiger partial charge on any atom is 0.229 e. The highest BCUT2D eigenvalue weighted by Crippen LogP contribution is 2.32. The van der Waals surface area contributed by atoms with Crippen LogP contribution in [0.1, 0.15) is 37.1 Å². The zero-order valence-corrected chi connectivity index (χ0v) is 21.8. The lowest BCUT2D eigenvalue weighted by Gasteiger charge is -2.31. The normalized spacial score (nSPS) is 14.0. The quantitative estimate of drug-likeness (QED) is 0.351. The van der Waals surface area contributed by atoms with E-state index in [0.29, 0.717) is 28.5 Å². The van der Waals surface area contributed by atoms with Crippen molar-refractivity contribution >= 4 is 40.6 Å². The van der Waals surface area contributed by atoms with Crippen molar-refractivity contribution in [1.29, 1.82) is 0 Å². The molecule has 1 fully saturated rings. The number of rotatable bonds is 6. The molecule has 0 aliphatic carbocycles. The zero-order valence-electron chi connectivity index (χ0n) is 21.1. The summed E-state index contributed by atoms with van der Waals surface area (Å²) in [6.45, 7) is 5.18. The largest absolute Gasteiger partial charge is 0.343 e. The number of aryl methyl sites for hydroxylation is 2. The number of halogens is 1. The van der Waals surface area contributed by atoms with Gasteiger partial charge in [-0.05, 0) is 55.5 Å². The van der Waals surface area contributed by atoms with Crippen LogP contribution < -0.4 is 10.6 Å². The van der Waals surface area contributed by atoms with Crippen molar-refractivity contribution in [2.45, 2.75) is 32.6 Å². The van der Waals surface area contributed by atoms with Gasteiger partial charge in [0.15, 0.2) is 11.6 Å². The molecular weight excluding hydrogens is 488 g/mol. The summed E-state index contributed by atoms with van der Waals surface area (Å²) in [6, 6.07) is 16.1. The van der Waals surface area contributed by atoms with E-state index in [1.165, 1.54) is 5.56 Å². The first-order chi connectivity index (χ1) is 17.9. The van der Waals surface area contributed by atoms with Crippen LogP contribution in [0.25, 0.3) is 11.4 Å². The minimum absolute atomic E-state index is 0.154. The summed E-state index contributed by atoms with van der Waals surface area (Å²) in [7, 11) is 1.87. The standard InChI is InChI=1S/C27H29ClN8O/c1-17-30-25(34-35(17)3)22-6-4-5-7-24(22)32-26-23(28)16-29-27(33-26)31-21-10-8-19(9-11-21)20-12-14-36(15-13-20)18(2)37/h4-11,16,20H,12-15H2,1-3H3,(H2,29,31,32,33). The number of nitrogens with zero attached hydrogens (tertiary/aromatic N) is 6. The highest BCUT2D eigenvalue weighted by molar-refractivity contribution is 6.33. The third-order valence-corrected chi connectivity index (χ3v) is 7.00. The van der Waals surface area contributed by atoms with Crippen molar-refractivity contribution < 1.29 is 4.79 Å². The Kier molecular flexibility index (Phi) is 7.05. The predicted octanol–water partition coefficient (Wildman–Crippen LogP) is 5.45. The maximum atomic E-state index is 11.6. The first kappa shape index (κ1) is 24.7. The van der Waals surface area contributed by atoms with Gasteiger partial charge < -0.3 is 15.5 Å². The average molecular weight is 517 g/mol. The summed E-state index contributed by atoms with van der Waals surface area (Å²) in [5, 5.41) is 11.5. The van der Waals surface area contributed by atoms with Crippen LogP contribution in [0.4, 0.5) is 23.1 Å². The molecule has 1 saturated heterocycles. The van der Waals surface area contributed by atoms with Crippen LogP contribution in [0.15, 0.2) is 54.7 Å². The second-order valence-corrected chi connectivity index (χ2v) is 9.60. The number of likely N-dealkylation sites (tertiary alicyclic amines) is 1. The summed E-state index contributed by atoms with van der Waals surface area (Å²) >= 11 is 6.44. The molecule has 2 N–H and O–H groups in total. The molecule has 2 aromatic heterocycles. The molecule has 1 amide bonds. The topological polar surface area (TPSA) is 101 Å². The number of aromatic nitrogens is 5. The number of anilines is 4. The molecule has 2 aromatic carbocycles. The van der Waals surface area contributed by atoms with Gasteiger partial charge in [0.05, 0.1) is 11.9 Å². The highest BCUT2D eigenvalue weighted by Gasteiger charge is 2.22. The Bertz CT molecular complexity index is 1390. The number of carbonyl (C=O) groups is 1. The number of hydrogen-bond donors (Lipinski definition) is 2. The summed E-state index contributed by atoms with van der Waals surface area (Å²) in [5.41, 5.74) is 3.80. The van der Waals surface area contributed by atoms with Gasteiger partial charge in [0, 0.05) is 38.3 Å².